The van der Waals surface area contributed by atoms with Gasteiger partial charge < -0.3 is 9.64 Å². The van der Waals surface area contributed by atoms with Gasteiger partial charge in [0.15, 0.2) is 5.82 Å². The number of hydrogen-bond donors (Lipinski definition) is 0. The van der Waals surface area contributed by atoms with Gasteiger partial charge in [-0.2, -0.15) is 5.10 Å². The molecule has 1 unspecified atom stereocenters. The van der Waals surface area contributed by atoms with Crippen LogP contribution < -0.4 is 4.90 Å². The molecule has 2 saturated heterocycles. The van der Waals surface area contributed by atoms with Crippen molar-refractivity contribution in [2.75, 3.05) is 31.2 Å². The fourth-order valence-electron chi connectivity index (χ4n) is 3.56. The number of anilines is 1. The molecule has 2 fully saturated rings. The zero-order chi connectivity index (χ0) is 15.2. The summed E-state index contributed by atoms with van der Waals surface area (Å²) < 4.78 is 7.46. The minimum Gasteiger partial charge on any atom is -0.381 e. The van der Waals surface area contributed by atoms with Crippen LogP contribution in [0.5, 0.6) is 0 Å². The van der Waals surface area contributed by atoms with Crippen LogP contribution in [0.3, 0.4) is 0 Å². The van der Waals surface area contributed by atoms with Gasteiger partial charge in [0.1, 0.15) is 5.82 Å². The first-order valence-corrected chi connectivity index (χ1v) is 7.84. The highest BCUT2D eigenvalue weighted by atomic mass is 16.5. The predicted octanol–water partition coefficient (Wildman–Crippen LogP) is 1.90. The van der Waals surface area contributed by atoms with Gasteiger partial charge in [0, 0.05) is 30.8 Å². The van der Waals surface area contributed by atoms with Crippen molar-refractivity contribution >= 4 is 5.82 Å². The van der Waals surface area contributed by atoms with E-state index in [2.05, 4.69) is 21.0 Å². The maximum absolute atomic E-state index is 5.60. The summed E-state index contributed by atoms with van der Waals surface area (Å²) >= 11 is 0. The van der Waals surface area contributed by atoms with E-state index in [0.717, 1.165) is 55.7 Å². The van der Waals surface area contributed by atoms with Gasteiger partial charge in [0.25, 0.3) is 0 Å². The molecule has 2 aliphatic heterocycles. The Morgan fingerprint density at radius 1 is 1.18 bits per heavy atom. The zero-order valence-electron chi connectivity index (χ0n) is 13.1. The highest BCUT2D eigenvalue weighted by molar-refractivity contribution is 5.41. The van der Waals surface area contributed by atoms with Gasteiger partial charge in [0.2, 0.25) is 0 Å². The largest absolute Gasteiger partial charge is 0.381 e. The van der Waals surface area contributed by atoms with E-state index >= 15 is 0 Å². The minimum atomic E-state index is 0.329. The fraction of sp³-hybridized carbons (Fsp3) is 0.562. The number of ether oxygens (including phenoxy) is 1. The van der Waals surface area contributed by atoms with Crippen molar-refractivity contribution in [3.8, 4) is 5.82 Å². The molecule has 6 nitrogen and oxygen atoms in total. The summed E-state index contributed by atoms with van der Waals surface area (Å²) in [5.74, 6) is 1.72. The Labute approximate surface area is 130 Å². The molecule has 0 bridgehead atoms. The molecule has 2 aromatic heterocycles. The standard InChI is InChI=1S/C16H21N5O/c1-12-7-13(2)21(19-12)15-9-17-8-14(18-15)20-5-3-16(10-20)4-6-22-11-16/h7-9H,3-6,10-11H2,1-2H3. The van der Waals surface area contributed by atoms with E-state index in [9.17, 15) is 0 Å². The molecule has 1 atom stereocenters. The lowest BCUT2D eigenvalue weighted by Crippen LogP contribution is -2.28. The maximum Gasteiger partial charge on any atom is 0.174 e. The third kappa shape index (κ3) is 2.27. The number of nitrogens with zero attached hydrogens (tertiary/aromatic N) is 5. The lowest BCUT2D eigenvalue weighted by atomic mass is 9.87. The third-order valence-corrected chi connectivity index (χ3v) is 4.78. The molecular weight excluding hydrogens is 278 g/mol. The quantitative estimate of drug-likeness (QED) is 0.847. The molecule has 116 valence electrons. The third-order valence-electron chi connectivity index (χ3n) is 4.78. The Morgan fingerprint density at radius 2 is 2.05 bits per heavy atom. The van der Waals surface area contributed by atoms with Gasteiger partial charge in [-0.1, -0.05) is 0 Å². The van der Waals surface area contributed by atoms with Crippen molar-refractivity contribution in [2.24, 2.45) is 5.41 Å². The fourth-order valence-corrected chi connectivity index (χ4v) is 3.56. The highest BCUT2D eigenvalue weighted by Gasteiger charge is 2.41. The molecule has 1 spiro atoms. The van der Waals surface area contributed by atoms with Gasteiger partial charge in [-0.3, -0.25) is 4.98 Å². The van der Waals surface area contributed by atoms with Crippen LogP contribution >= 0.6 is 0 Å². The first kappa shape index (κ1) is 13.7. The number of aromatic nitrogens is 4. The summed E-state index contributed by atoms with van der Waals surface area (Å²) in [5, 5.41) is 4.49. The van der Waals surface area contributed by atoms with E-state index in [0.29, 0.717) is 5.41 Å². The molecule has 0 radical (unpaired) electrons. The first-order valence-electron chi connectivity index (χ1n) is 7.84. The summed E-state index contributed by atoms with van der Waals surface area (Å²) in [5.41, 5.74) is 2.40. The van der Waals surface area contributed by atoms with Crippen molar-refractivity contribution in [3.63, 3.8) is 0 Å². The number of aryl methyl sites for hydroxylation is 2. The monoisotopic (exact) mass is 299 g/mol. The molecule has 22 heavy (non-hydrogen) atoms. The second-order valence-electron chi connectivity index (χ2n) is 6.55. The van der Waals surface area contributed by atoms with Crippen LogP contribution in [0.4, 0.5) is 5.82 Å². The summed E-state index contributed by atoms with van der Waals surface area (Å²) in [7, 11) is 0. The molecule has 0 amide bonds. The predicted molar refractivity (Wildman–Crippen MR) is 83.3 cm³/mol. The van der Waals surface area contributed by atoms with Crippen molar-refractivity contribution in [3.05, 3.63) is 29.8 Å². The molecule has 4 rings (SSSR count). The Balaban J connectivity index is 1.61. The first-order chi connectivity index (χ1) is 10.7. The molecule has 0 N–H and O–H groups in total. The second-order valence-corrected chi connectivity index (χ2v) is 6.55. The van der Waals surface area contributed by atoms with Gasteiger partial charge in [0.05, 0.1) is 24.7 Å². The molecule has 6 heteroatoms. The summed E-state index contributed by atoms with van der Waals surface area (Å²) in [6.45, 7) is 7.85. The highest BCUT2D eigenvalue weighted by Crippen LogP contribution is 2.39. The minimum absolute atomic E-state index is 0.329. The molecule has 4 heterocycles. The normalized spacial score (nSPS) is 24.5. The maximum atomic E-state index is 5.60. The smallest absolute Gasteiger partial charge is 0.174 e. The molecular formula is C16H21N5O. The van der Waals surface area contributed by atoms with Gasteiger partial charge in [-0.25, -0.2) is 9.67 Å². The molecule has 2 aliphatic rings. The SMILES string of the molecule is Cc1cc(C)n(-c2cncc(N3CCC4(CCOC4)C3)n2)n1. The van der Waals surface area contributed by atoms with E-state index in [-0.39, 0.29) is 0 Å². The van der Waals surface area contributed by atoms with Crippen LogP contribution in [-0.2, 0) is 4.74 Å². The van der Waals surface area contributed by atoms with Crippen LogP contribution in [0.1, 0.15) is 24.2 Å². The van der Waals surface area contributed by atoms with E-state index in [1.807, 2.05) is 24.7 Å². The molecule has 0 aliphatic carbocycles. The molecule has 2 aromatic rings. The van der Waals surface area contributed by atoms with Gasteiger partial charge in [-0.05, 0) is 32.8 Å². The second kappa shape index (κ2) is 5.05. The topological polar surface area (TPSA) is 56.1 Å². The Bertz CT molecular complexity index is 690. The summed E-state index contributed by atoms with van der Waals surface area (Å²) in [6.07, 6.45) is 5.96. The Kier molecular flexibility index (Phi) is 3.14. The average molecular weight is 299 g/mol. The van der Waals surface area contributed by atoms with Gasteiger partial charge in [-0.15, -0.1) is 0 Å². The molecule has 0 saturated carbocycles. The average Bonchev–Trinajstić information content (AvgIpc) is 3.22. The summed E-state index contributed by atoms with van der Waals surface area (Å²) in [6, 6.07) is 2.05. The number of hydrogen-bond acceptors (Lipinski definition) is 5. The van der Waals surface area contributed by atoms with E-state index < -0.39 is 0 Å². The van der Waals surface area contributed by atoms with E-state index in [1.54, 1.807) is 6.20 Å². The van der Waals surface area contributed by atoms with E-state index in [1.165, 1.54) is 6.42 Å². The number of rotatable bonds is 2. The van der Waals surface area contributed by atoms with Crippen LogP contribution in [0.15, 0.2) is 18.5 Å². The van der Waals surface area contributed by atoms with Crippen LogP contribution in [0.25, 0.3) is 5.82 Å². The van der Waals surface area contributed by atoms with E-state index in [4.69, 9.17) is 9.72 Å². The summed E-state index contributed by atoms with van der Waals surface area (Å²) in [4.78, 5) is 11.5. The van der Waals surface area contributed by atoms with Crippen molar-refractivity contribution < 1.29 is 4.74 Å². The zero-order valence-corrected chi connectivity index (χ0v) is 13.1. The van der Waals surface area contributed by atoms with Crippen LogP contribution in [0.2, 0.25) is 0 Å². The van der Waals surface area contributed by atoms with Crippen molar-refractivity contribution in [2.45, 2.75) is 26.7 Å². The lowest BCUT2D eigenvalue weighted by Gasteiger charge is -2.22. The van der Waals surface area contributed by atoms with Crippen LogP contribution in [0, 0.1) is 19.3 Å². The Morgan fingerprint density at radius 3 is 2.77 bits per heavy atom. The Hall–Kier alpha value is -1.95. The molecule has 0 aromatic carbocycles. The van der Waals surface area contributed by atoms with Crippen LogP contribution in [-0.4, -0.2) is 46.1 Å². The lowest BCUT2D eigenvalue weighted by molar-refractivity contribution is 0.160. The van der Waals surface area contributed by atoms with Crippen molar-refractivity contribution in [1.29, 1.82) is 0 Å². The van der Waals surface area contributed by atoms with Crippen molar-refractivity contribution in [1.82, 2.24) is 19.7 Å². The van der Waals surface area contributed by atoms with Gasteiger partial charge >= 0.3 is 0 Å².